The average Bonchev–Trinajstić information content (AvgIpc) is 2.98. The number of rotatable bonds is 3. The van der Waals surface area contributed by atoms with E-state index in [1.807, 2.05) is 12.1 Å². The molecular weight excluding hydrogens is 246 g/mol. The van der Waals surface area contributed by atoms with E-state index in [1.54, 1.807) is 6.07 Å². The molecule has 0 unspecified atom stereocenters. The molecule has 0 amide bonds. The summed E-state index contributed by atoms with van der Waals surface area (Å²) in [6.45, 7) is 1.81. The third-order valence-corrected chi connectivity index (χ3v) is 4.26. The van der Waals surface area contributed by atoms with Crippen LogP contribution in [0.3, 0.4) is 0 Å². The standard InChI is InChI=1S/C14H13NO2S/c16-14(17)13-6-5-11(18-13)9-15-8-7-10-3-1-2-4-12(10)15/h1-6H,7-9H2,(H,16,17). The predicted molar refractivity (Wildman–Crippen MR) is 72.5 cm³/mol. The van der Waals surface area contributed by atoms with E-state index in [9.17, 15) is 4.79 Å². The van der Waals surface area contributed by atoms with E-state index in [2.05, 4.69) is 23.1 Å². The molecule has 4 heteroatoms. The molecular formula is C14H13NO2S. The molecule has 0 bridgehead atoms. The first-order valence-corrected chi connectivity index (χ1v) is 6.70. The Bertz CT molecular complexity index is 591. The first-order valence-electron chi connectivity index (χ1n) is 5.89. The minimum Gasteiger partial charge on any atom is -0.477 e. The molecule has 1 aromatic heterocycles. The molecule has 0 radical (unpaired) electrons. The van der Waals surface area contributed by atoms with Crippen LogP contribution >= 0.6 is 11.3 Å². The van der Waals surface area contributed by atoms with Crippen molar-refractivity contribution in [1.29, 1.82) is 0 Å². The predicted octanol–water partition coefficient (Wildman–Crippen LogP) is 3.01. The van der Waals surface area contributed by atoms with E-state index >= 15 is 0 Å². The molecule has 0 saturated heterocycles. The number of carboxylic acid groups (broad SMARTS) is 1. The van der Waals surface area contributed by atoms with Gasteiger partial charge in [-0.3, -0.25) is 0 Å². The smallest absolute Gasteiger partial charge is 0.345 e. The number of carboxylic acids is 1. The van der Waals surface area contributed by atoms with E-state index in [4.69, 9.17) is 5.11 Å². The Labute approximate surface area is 109 Å². The van der Waals surface area contributed by atoms with Crippen molar-refractivity contribution in [3.05, 3.63) is 51.7 Å². The Morgan fingerprint density at radius 1 is 1.28 bits per heavy atom. The van der Waals surface area contributed by atoms with Crippen LogP contribution in [0, 0.1) is 0 Å². The molecule has 2 heterocycles. The summed E-state index contributed by atoms with van der Waals surface area (Å²) in [5.41, 5.74) is 2.66. The number of carbonyl (C=O) groups is 1. The van der Waals surface area contributed by atoms with Gasteiger partial charge in [-0.05, 0) is 30.2 Å². The fraction of sp³-hybridized carbons (Fsp3) is 0.214. The fourth-order valence-corrected chi connectivity index (χ4v) is 3.20. The average molecular weight is 259 g/mol. The van der Waals surface area contributed by atoms with Crippen molar-refractivity contribution < 1.29 is 9.90 Å². The molecule has 3 rings (SSSR count). The number of anilines is 1. The lowest BCUT2D eigenvalue weighted by Gasteiger charge is -2.18. The molecule has 0 saturated carbocycles. The minimum atomic E-state index is -0.840. The van der Waals surface area contributed by atoms with Gasteiger partial charge in [-0.1, -0.05) is 18.2 Å². The Balaban J connectivity index is 1.80. The second-order valence-corrected chi connectivity index (χ2v) is 5.54. The van der Waals surface area contributed by atoms with E-state index in [-0.39, 0.29) is 0 Å². The van der Waals surface area contributed by atoms with Crippen molar-refractivity contribution in [3.8, 4) is 0 Å². The second kappa shape index (κ2) is 4.46. The van der Waals surface area contributed by atoms with Gasteiger partial charge >= 0.3 is 5.97 Å². The van der Waals surface area contributed by atoms with Gasteiger partial charge in [0.15, 0.2) is 0 Å². The SMILES string of the molecule is O=C(O)c1ccc(CN2CCc3ccccc32)s1. The summed E-state index contributed by atoms with van der Waals surface area (Å²) >= 11 is 1.36. The van der Waals surface area contributed by atoms with Gasteiger partial charge in [0, 0.05) is 17.1 Å². The molecule has 0 atom stereocenters. The lowest BCUT2D eigenvalue weighted by atomic mass is 10.2. The lowest BCUT2D eigenvalue weighted by Crippen LogP contribution is -2.18. The van der Waals surface area contributed by atoms with Crippen LogP contribution in [0.5, 0.6) is 0 Å². The van der Waals surface area contributed by atoms with Crippen LogP contribution < -0.4 is 4.90 Å². The van der Waals surface area contributed by atoms with Gasteiger partial charge in [0.2, 0.25) is 0 Å². The van der Waals surface area contributed by atoms with E-state index < -0.39 is 5.97 Å². The largest absolute Gasteiger partial charge is 0.477 e. The maximum Gasteiger partial charge on any atom is 0.345 e. The molecule has 0 aliphatic carbocycles. The van der Waals surface area contributed by atoms with Crippen molar-refractivity contribution in [1.82, 2.24) is 0 Å². The number of para-hydroxylation sites is 1. The summed E-state index contributed by atoms with van der Waals surface area (Å²) in [6, 6.07) is 12.0. The summed E-state index contributed by atoms with van der Waals surface area (Å²) in [7, 11) is 0. The monoisotopic (exact) mass is 259 g/mol. The molecule has 2 aromatic rings. The van der Waals surface area contributed by atoms with Gasteiger partial charge < -0.3 is 10.0 Å². The van der Waals surface area contributed by atoms with Gasteiger partial charge in [0.05, 0.1) is 6.54 Å². The van der Waals surface area contributed by atoms with Gasteiger partial charge in [0.25, 0.3) is 0 Å². The normalized spacial score (nSPS) is 13.7. The van der Waals surface area contributed by atoms with Gasteiger partial charge in [0.1, 0.15) is 4.88 Å². The third kappa shape index (κ3) is 1.99. The zero-order valence-corrected chi connectivity index (χ0v) is 10.6. The van der Waals surface area contributed by atoms with Crippen LogP contribution in [0.15, 0.2) is 36.4 Å². The summed E-state index contributed by atoms with van der Waals surface area (Å²) in [4.78, 5) is 14.7. The molecule has 1 aliphatic heterocycles. The van der Waals surface area contributed by atoms with Crippen LogP contribution in [-0.2, 0) is 13.0 Å². The van der Waals surface area contributed by atoms with E-state index in [0.29, 0.717) is 4.88 Å². The molecule has 0 fully saturated rings. The highest BCUT2D eigenvalue weighted by Gasteiger charge is 2.19. The number of aromatic carboxylic acids is 1. The van der Waals surface area contributed by atoms with Crippen molar-refractivity contribution in [2.24, 2.45) is 0 Å². The number of hydrogen-bond donors (Lipinski definition) is 1. The molecule has 92 valence electrons. The Hall–Kier alpha value is -1.81. The molecule has 18 heavy (non-hydrogen) atoms. The quantitative estimate of drug-likeness (QED) is 0.921. The van der Waals surface area contributed by atoms with Gasteiger partial charge in [-0.15, -0.1) is 11.3 Å². The maximum atomic E-state index is 10.8. The Morgan fingerprint density at radius 3 is 2.89 bits per heavy atom. The van der Waals surface area contributed by atoms with E-state index in [1.165, 1.54) is 22.6 Å². The molecule has 1 aliphatic rings. The second-order valence-electron chi connectivity index (χ2n) is 4.37. The topological polar surface area (TPSA) is 40.5 Å². The summed E-state index contributed by atoms with van der Waals surface area (Å²) in [5.74, 6) is -0.840. The molecule has 1 N–H and O–H groups in total. The first kappa shape index (κ1) is 11.3. The molecule has 0 spiro atoms. The zero-order valence-electron chi connectivity index (χ0n) is 9.80. The van der Waals surface area contributed by atoms with Gasteiger partial charge in [-0.25, -0.2) is 4.79 Å². The van der Waals surface area contributed by atoms with Crippen molar-refractivity contribution >= 4 is 23.0 Å². The lowest BCUT2D eigenvalue weighted by molar-refractivity contribution is 0.0702. The Morgan fingerprint density at radius 2 is 2.11 bits per heavy atom. The van der Waals surface area contributed by atoms with Crippen LogP contribution in [-0.4, -0.2) is 17.6 Å². The van der Waals surface area contributed by atoms with E-state index in [0.717, 1.165) is 24.4 Å². The van der Waals surface area contributed by atoms with Crippen LogP contribution in [0.1, 0.15) is 20.1 Å². The van der Waals surface area contributed by atoms with Crippen molar-refractivity contribution in [2.45, 2.75) is 13.0 Å². The van der Waals surface area contributed by atoms with Crippen LogP contribution in [0.4, 0.5) is 5.69 Å². The van der Waals surface area contributed by atoms with Crippen molar-refractivity contribution in [2.75, 3.05) is 11.4 Å². The Kier molecular flexibility index (Phi) is 2.80. The number of hydrogen-bond acceptors (Lipinski definition) is 3. The number of benzene rings is 1. The number of thiophene rings is 1. The summed E-state index contributed by atoms with van der Waals surface area (Å²) in [6.07, 6.45) is 1.08. The van der Waals surface area contributed by atoms with Gasteiger partial charge in [-0.2, -0.15) is 0 Å². The molecule has 3 nitrogen and oxygen atoms in total. The number of fused-ring (bicyclic) bond motifs is 1. The van der Waals surface area contributed by atoms with Crippen molar-refractivity contribution in [3.63, 3.8) is 0 Å². The highest BCUT2D eigenvalue weighted by Crippen LogP contribution is 2.30. The fourth-order valence-electron chi connectivity index (χ4n) is 2.34. The first-order chi connectivity index (χ1) is 8.74. The summed E-state index contributed by atoms with van der Waals surface area (Å²) in [5, 5.41) is 8.91. The third-order valence-electron chi connectivity index (χ3n) is 3.20. The highest BCUT2D eigenvalue weighted by atomic mass is 32.1. The minimum absolute atomic E-state index is 0.414. The van der Waals surface area contributed by atoms with Crippen LogP contribution in [0.25, 0.3) is 0 Å². The highest BCUT2D eigenvalue weighted by molar-refractivity contribution is 7.13. The zero-order chi connectivity index (χ0) is 12.5. The maximum absolute atomic E-state index is 10.8. The molecule has 1 aromatic carbocycles. The number of nitrogens with zero attached hydrogens (tertiary/aromatic N) is 1. The summed E-state index contributed by atoms with van der Waals surface area (Å²) < 4.78 is 0. The van der Waals surface area contributed by atoms with Crippen LogP contribution in [0.2, 0.25) is 0 Å².